The summed E-state index contributed by atoms with van der Waals surface area (Å²) in [7, 11) is 1.82. The van der Waals surface area contributed by atoms with Gasteiger partial charge in [-0.15, -0.1) is 0 Å². The predicted octanol–water partition coefficient (Wildman–Crippen LogP) is 0.979. The van der Waals surface area contributed by atoms with Gasteiger partial charge in [0.05, 0.1) is 18.0 Å². The maximum absolute atomic E-state index is 10.8. The molecule has 0 aliphatic heterocycles. The molecule has 122 valence electrons. The van der Waals surface area contributed by atoms with Crippen molar-refractivity contribution in [2.75, 3.05) is 6.54 Å². The first kappa shape index (κ1) is 16.4. The van der Waals surface area contributed by atoms with Crippen LogP contribution in [0.1, 0.15) is 18.3 Å². The Morgan fingerprint density at radius 2 is 2.26 bits per heavy atom. The van der Waals surface area contributed by atoms with Crippen molar-refractivity contribution in [2.45, 2.75) is 20.0 Å². The lowest BCUT2D eigenvalue weighted by Crippen LogP contribution is -2.37. The highest BCUT2D eigenvalue weighted by atomic mass is 16.6. The molecule has 0 radical (unpaired) electrons. The number of hydrogen-bond acceptors (Lipinski definition) is 5. The van der Waals surface area contributed by atoms with E-state index in [0.717, 1.165) is 11.4 Å². The van der Waals surface area contributed by atoms with Gasteiger partial charge in [0.25, 0.3) is 5.69 Å². The smallest absolute Gasteiger partial charge is 0.269 e. The molecule has 0 aliphatic rings. The van der Waals surface area contributed by atoms with Crippen LogP contribution in [-0.2, 0) is 20.1 Å². The largest absolute Gasteiger partial charge is 0.357 e. The first-order valence-corrected chi connectivity index (χ1v) is 7.18. The van der Waals surface area contributed by atoms with Gasteiger partial charge in [0.15, 0.2) is 5.96 Å². The van der Waals surface area contributed by atoms with E-state index in [2.05, 4.69) is 25.7 Å². The molecule has 9 heteroatoms. The van der Waals surface area contributed by atoms with Gasteiger partial charge in [-0.2, -0.15) is 5.10 Å². The lowest BCUT2D eigenvalue weighted by molar-refractivity contribution is -0.384. The third-order valence-corrected chi connectivity index (χ3v) is 3.10. The Kier molecular flexibility index (Phi) is 5.61. The number of nitro benzene ring substituents is 1. The van der Waals surface area contributed by atoms with Crippen LogP contribution in [0.2, 0.25) is 0 Å². The minimum atomic E-state index is -0.412. The Balaban J connectivity index is 2.02. The van der Waals surface area contributed by atoms with Crippen molar-refractivity contribution in [3.63, 3.8) is 0 Å². The van der Waals surface area contributed by atoms with Crippen molar-refractivity contribution >= 4 is 11.6 Å². The Bertz CT molecular complexity index is 696. The van der Waals surface area contributed by atoms with Gasteiger partial charge in [-0.25, -0.2) is 9.98 Å². The Morgan fingerprint density at radius 3 is 2.91 bits per heavy atom. The van der Waals surface area contributed by atoms with E-state index in [1.54, 1.807) is 10.7 Å². The highest BCUT2D eigenvalue weighted by Crippen LogP contribution is 2.13. The number of aliphatic imine (C=N–C) groups is 1. The van der Waals surface area contributed by atoms with Gasteiger partial charge >= 0.3 is 0 Å². The summed E-state index contributed by atoms with van der Waals surface area (Å²) in [6, 6.07) is 6.45. The Hall–Kier alpha value is -2.97. The van der Waals surface area contributed by atoms with Gasteiger partial charge in [-0.3, -0.25) is 14.8 Å². The van der Waals surface area contributed by atoms with Crippen LogP contribution in [0.3, 0.4) is 0 Å². The molecule has 0 amide bonds. The molecule has 2 aromatic rings. The average molecular weight is 317 g/mol. The van der Waals surface area contributed by atoms with Crippen LogP contribution in [0.25, 0.3) is 0 Å². The fourth-order valence-corrected chi connectivity index (χ4v) is 1.92. The third kappa shape index (κ3) is 4.77. The maximum atomic E-state index is 10.8. The molecule has 0 bridgehead atoms. The van der Waals surface area contributed by atoms with Crippen molar-refractivity contribution in [2.24, 2.45) is 12.0 Å². The van der Waals surface area contributed by atoms with Crippen LogP contribution in [-0.4, -0.2) is 32.2 Å². The average Bonchev–Trinajstić information content (AvgIpc) is 2.95. The lowest BCUT2D eigenvalue weighted by atomic mass is 10.2. The monoisotopic (exact) mass is 317 g/mol. The van der Waals surface area contributed by atoms with E-state index in [0.29, 0.717) is 25.6 Å². The van der Waals surface area contributed by atoms with E-state index in [4.69, 9.17) is 0 Å². The standard InChI is InChI=1S/C14H19N7O2/c1-3-15-14(17-9-13-18-10-19-20(13)2)16-8-11-5-4-6-12(7-11)21(22)23/h4-7,10H,3,8-9H2,1-2H3,(H2,15,16,17). The highest BCUT2D eigenvalue weighted by molar-refractivity contribution is 5.79. The van der Waals surface area contributed by atoms with Gasteiger partial charge in [0.2, 0.25) is 0 Å². The summed E-state index contributed by atoms with van der Waals surface area (Å²) in [4.78, 5) is 18.9. The van der Waals surface area contributed by atoms with E-state index in [9.17, 15) is 10.1 Å². The molecular weight excluding hydrogens is 298 g/mol. The first-order valence-electron chi connectivity index (χ1n) is 7.18. The van der Waals surface area contributed by atoms with E-state index in [1.807, 2.05) is 20.0 Å². The molecule has 2 rings (SSSR count). The molecule has 0 unspecified atom stereocenters. The van der Waals surface area contributed by atoms with Crippen LogP contribution in [0.5, 0.6) is 0 Å². The van der Waals surface area contributed by atoms with Crippen LogP contribution in [0.15, 0.2) is 35.6 Å². The van der Waals surface area contributed by atoms with Crippen molar-refractivity contribution in [1.82, 2.24) is 25.4 Å². The molecule has 1 aromatic carbocycles. The molecular formula is C14H19N7O2. The molecule has 0 saturated heterocycles. The Labute approximate surface area is 133 Å². The summed E-state index contributed by atoms with van der Waals surface area (Å²) in [5, 5.41) is 21.1. The summed E-state index contributed by atoms with van der Waals surface area (Å²) in [5.74, 6) is 1.40. The second-order valence-electron chi connectivity index (χ2n) is 4.78. The van der Waals surface area contributed by atoms with Gasteiger partial charge in [-0.1, -0.05) is 12.1 Å². The molecule has 1 heterocycles. The zero-order valence-corrected chi connectivity index (χ0v) is 13.1. The SMILES string of the molecule is CCNC(=NCc1cccc([N+](=O)[O-])c1)NCc1ncnn1C. The quantitative estimate of drug-likeness (QED) is 0.356. The van der Waals surface area contributed by atoms with Crippen molar-refractivity contribution in [1.29, 1.82) is 0 Å². The number of aryl methyl sites for hydroxylation is 1. The summed E-state index contributed by atoms with van der Waals surface area (Å²) in [6.45, 7) is 3.50. The number of hydrogen-bond donors (Lipinski definition) is 2. The third-order valence-electron chi connectivity index (χ3n) is 3.10. The van der Waals surface area contributed by atoms with Gasteiger partial charge in [-0.05, 0) is 12.5 Å². The fourth-order valence-electron chi connectivity index (χ4n) is 1.92. The lowest BCUT2D eigenvalue weighted by Gasteiger charge is -2.10. The number of nitro groups is 1. The Morgan fingerprint density at radius 1 is 1.43 bits per heavy atom. The summed E-state index contributed by atoms with van der Waals surface area (Å²) in [5.41, 5.74) is 0.838. The molecule has 23 heavy (non-hydrogen) atoms. The maximum Gasteiger partial charge on any atom is 0.269 e. The van der Waals surface area contributed by atoms with E-state index >= 15 is 0 Å². The van der Waals surface area contributed by atoms with E-state index in [1.165, 1.54) is 18.5 Å². The van der Waals surface area contributed by atoms with Gasteiger partial charge < -0.3 is 10.6 Å². The summed E-state index contributed by atoms with van der Waals surface area (Å²) in [6.07, 6.45) is 1.49. The molecule has 0 spiro atoms. The highest BCUT2D eigenvalue weighted by Gasteiger charge is 2.06. The zero-order chi connectivity index (χ0) is 16.7. The molecule has 0 saturated carbocycles. The van der Waals surface area contributed by atoms with E-state index in [-0.39, 0.29) is 5.69 Å². The normalized spacial score (nSPS) is 11.3. The molecule has 1 aromatic heterocycles. The number of rotatable bonds is 6. The number of nitrogens with zero attached hydrogens (tertiary/aromatic N) is 5. The van der Waals surface area contributed by atoms with Crippen molar-refractivity contribution in [3.05, 3.63) is 52.1 Å². The summed E-state index contributed by atoms with van der Waals surface area (Å²) >= 11 is 0. The fraction of sp³-hybridized carbons (Fsp3) is 0.357. The van der Waals surface area contributed by atoms with Crippen molar-refractivity contribution in [3.8, 4) is 0 Å². The second kappa shape index (κ2) is 7.87. The van der Waals surface area contributed by atoms with Gasteiger partial charge in [0.1, 0.15) is 12.2 Å². The number of benzene rings is 1. The first-order chi connectivity index (χ1) is 11.1. The number of aromatic nitrogens is 3. The summed E-state index contributed by atoms with van der Waals surface area (Å²) < 4.78 is 1.68. The minimum Gasteiger partial charge on any atom is -0.357 e. The van der Waals surface area contributed by atoms with Crippen LogP contribution in [0, 0.1) is 10.1 Å². The van der Waals surface area contributed by atoms with Crippen molar-refractivity contribution < 1.29 is 4.92 Å². The van der Waals surface area contributed by atoms with E-state index < -0.39 is 4.92 Å². The number of nitrogens with one attached hydrogen (secondary N) is 2. The second-order valence-corrected chi connectivity index (χ2v) is 4.78. The van der Waals surface area contributed by atoms with Crippen LogP contribution < -0.4 is 10.6 Å². The molecule has 0 atom stereocenters. The molecule has 2 N–H and O–H groups in total. The van der Waals surface area contributed by atoms with Crippen LogP contribution in [0.4, 0.5) is 5.69 Å². The topological polar surface area (TPSA) is 110 Å². The molecule has 0 fully saturated rings. The number of guanidine groups is 1. The molecule has 9 nitrogen and oxygen atoms in total. The molecule has 0 aliphatic carbocycles. The van der Waals surface area contributed by atoms with Crippen LogP contribution >= 0.6 is 0 Å². The predicted molar refractivity (Wildman–Crippen MR) is 85.8 cm³/mol. The van der Waals surface area contributed by atoms with Gasteiger partial charge in [0, 0.05) is 25.7 Å². The minimum absolute atomic E-state index is 0.0646. The number of non-ortho nitro benzene ring substituents is 1. The zero-order valence-electron chi connectivity index (χ0n) is 13.1.